The van der Waals surface area contributed by atoms with Crippen molar-refractivity contribution in [2.45, 2.75) is 24.4 Å². The van der Waals surface area contributed by atoms with Crippen LogP contribution in [0.3, 0.4) is 0 Å². The van der Waals surface area contributed by atoms with E-state index in [0.29, 0.717) is 11.6 Å². The van der Waals surface area contributed by atoms with Gasteiger partial charge in [0, 0.05) is 48.4 Å². The van der Waals surface area contributed by atoms with E-state index >= 15 is 0 Å². The van der Waals surface area contributed by atoms with E-state index < -0.39 is 11.7 Å². The van der Waals surface area contributed by atoms with Crippen LogP contribution in [0, 0.1) is 0 Å². The lowest BCUT2D eigenvalue weighted by Crippen LogP contribution is -2.49. The quantitative estimate of drug-likeness (QED) is 0.827. The number of hydrogen-bond acceptors (Lipinski definition) is 4. The molecule has 2 atom stereocenters. The molecule has 8 heteroatoms. The molecule has 0 aromatic carbocycles. The number of hydrogen-bond donors (Lipinski definition) is 2. The van der Waals surface area contributed by atoms with E-state index in [9.17, 15) is 13.2 Å². The van der Waals surface area contributed by atoms with Gasteiger partial charge in [-0.3, -0.25) is 0 Å². The second-order valence-corrected chi connectivity index (χ2v) is 6.66. The summed E-state index contributed by atoms with van der Waals surface area (Å²) in [6.07, 6.45) is -3.62. The fraction of sp³-hybridized carbons (Fsp3) is 0.615. The summed E-state index contributed by atoms with van der Waals surface area (Å²) in [6.45, 7) is 4.57. The number of piperazine rings is 1. The molecule has 0 amide bonds. The van der Waals surface area contributed by atoms with Gasteiger partial charge in [-0.05, 0) is 13.0 Å². The number of alkyl halides is 3. The summed E-state index contributed by atoms with van der Waals surface area (Å²) in [7, 11) is 0. The molecule has 1 unspecified atom stereocenters. The molecule has 3 nitrogen and oxygen atoms in total. The van der Waals surface area contributed by atoms with Crippen LogP contribution in [0.2, 0.25) is 5.15 Å². The molecule has 21 heavy (non-hydrogen) atoms. The number of rotatable bonds is 4. The van der Waals surface area contributed by atoms with Crippen molar-refractivity contribution in [3.63, 3.8) is 0 Å². The van der Waals surface area contributed by atoms with Crippen molar-refractivity contribution in [3.8, 4) is 0 Å². The Morgan fingerprint density at radius 1 is 1.48 bits per heavy atom. The van der Waals surface area contributed by atoms with Crippen LogP contribution in [-0.4, -0.2) is 36.4 Å². The largest absolute Gasteiger partial charge is 0.417 e. The standard InChI is InChI=1S/C13H17ClF3N3S/c1-8(21-7-10-6-18-2-3-19-10)11-4-9(13(15,16)17)5-20-12(11)14/h4-5,8,10,18-19H,2-3,6-7H2,1H3/t8?,10-/m1/s1. The third-order valence-electron chi connectivity index (χ3n) is 3.30. The highest BCUT2D eigenvalue weighted by molar-refractivity contribution is 7.99. The maximum atomic E-state index is 12.7. The second kappa shape index (κ2) is 7.17. The third kappa shape index (κ3) is 4.74. The van der Waals surface area contributed by atoms with Gasteiger partial charge in [0.15, 0.2) is 0 Å². The van der Waals surface area contributed by atoms with E-state index in [0.717, 1.165) is 37.7 Å². The Labute approximate surface area is 131 Å². The van der Waals surface area contributed by atoms with Crippen LogP contribution in [0.25, 0.3) is 0 Å². The van der Waals surface area contributed by atoms with Crippen molar-refractivity contribution in [2.75, 3.05) is 25.4 Å². The Bertz CT molecular complexity index is 478. The Hall–Kier alpha value is -0.500. The molecule has 2 heterocycles. The van der Waals surface area contributed by atoms with E-state index in [1.165, 1.54) is 0 Å². The summed E-state index contributed by atoms with van der Waals surface area (Å²) in [5.41, 5.74) is -0.327. The molecule has 1 aliphatic rings. The summed E-state index contributed by atoms with van der Waals surface area (Å²) in [4.78, 5) is 3.67. The molecule has 1 fully saturated rings. The average Bonchev–Trinajstić information content (AvgIpc) is 2.45. The minimum Gasteiger partial charge on any atom is -0.314 e. The van der Waals surface area contributed by atoms with Crippen LogP contribution in [0.5, 0.6) is 0 Å². The Morgan fingerprint density at radius 3 is 2.86 bits per heavy atom. The van der Waals surface area contributed by atoms with Gasteiger partial charge in [-0.1, -0.05) is 11.6 Å². The molecule has 0 spiro atoms. The highest BCUT2D eigenvalue weighted by Gasteiger charge is 2.32. The van der Waals surface area contributed by atoms with Gasteiger partial charge in [0.2, 0.25) is 0 Å². The normalized spacial score (nSPS) is 21.3. The zero-order chi connectivity index (χ0) is 15.5. The van der Waals surface area contributed by atoms with Gasteiger partial charge in [0.25, 0.3) is 0 Å². The SMILES string of the molecule is CC(SC[C@H]1CNCCN1)c1cc(C(F)(F)F)cnc1Cl. The molecular formula is C13H17ClF3N3S. The van der Waals surface area contributed by atoms with Gasteiger partial charge in [-0.15, -0.1) is 0 Å². The molecule has 1 saturated heterocycles. The first-order valence-corrected chi connectivity index (χ1v) is 8.09. The highest BCUT2D eigenvalue weighted by Crippen LogP contribution is 2.36. The molecule has 1 aliphatic heterocycles. The number of thioether (sulfide) groups is 1. The summed E-state index contributed by atoms with van der Waals surface area (Å²) in [5, 5.41) is 6.63. The lowest BCUT2D eigenvalue weighted by Gasteiger charge is -2.25. The van der Waals surface area contributed by atoms with Crippen LogP contribution in [0.4, 0.5) is 13.2 Å². The summed E-state index contributed by atoms with van der Waals surface area (Å²) >= 11 is 7.52. The molecule has 0 aliphatic carbocycles. The van der Waals surface area contributed by atoms with Crippen molar-refractivity contribution in [3.05, 3.63) is 28.5 Å². The van der Waals surface area contributed by atoms with Crippen LogP contribution < -0.4 is 10.6 Å². The average molecular weight is 340 g/mol. The van der Waals surface area contributed by atoms with Crippen molar-refractivity contribution in [1.82, 2.24) is 15.6 Å². The Morgan fingerprint density at radius 2 is 2.24 bits per heavy atom. The zero-order valence-electron chi connectivity index (χ0n) is 11.5. The van der Waals surface area contributed by atoms with Gasteiger partial charge in [0.1, 0.15) is 5.15 Å². The summed E-state index contributed by atoms with van der Waals surface area (Å²) < 4.78 is 38.2. The van der Waals surface area contributed by atoms with E-state index in [1.807, 2.05) is 6.92 Å². The first-order chi connectivity index (χ1) is 9.88. The Balaban J connectivity index is 2.02. The van der Waals surface area contributed by atoms with Gasteiger partial charge < -0.3 is 10.6 Å². The van der Waals surface area contributed by atoms with E-state index in [1.54, 1.807) is 11.8 Å². The molecule has 0 bridgehead atoms. The smallest absolute Gasteiger partial charge is 0.314 e. The minimum absolute atomic E-state index is 0.137. The number of nitrogens with one attached hydrogen (secondary N) is 2. The molecule has 2 rings (SSSR count). The maximum Gasteiger partial charge on any atom is 0.417 e. The molecule has 1 aromatic heterocycles. The number of halogens is 4. The van der Waals surface area contributed by atoms with Crippen molar-refractivity contribution in [1.29, 1.82) is 0 Å². The fourth-order valence-corrected chi connectivity index (χ4v) is 3.53. The van der Waals surface area contributed by atoms with Gasteiger partial charge in [-0.2, -0.15) is 24.9 Å². The molecule has 1 aromatic rings. The van der Waals surface area contributed by atoms with E-state index in [2.05, 4.69) is 15.6 Å². The van der Waals surface area contributed by atoms with Crippen LogP contribution in [0.1, 0.15) is 23.3 Å². The van der Waals surface area contributed by atoms with Crippen LogP contribution in [0.15, 0.2) is 12.3 Å². The fourth-order valence-electron chi connectivity index (χ4n) is 2.09. The summed E-state index contributed by atoms with van der Waals surface area (Å²) in [6, 6.07) is 1.42. The van der Waals surface area contributed by atoms with Crippen LogP contribution >= 0.6 is 23.4 Å². The van der Waals surface area contributed by atoms with E-state index in [4.69, 9.17) is 11.6 Å². The molecule has 0 radical (unpaired) electrons. The lowest BCUT2D eigenvalue weighted by molar-refractivity contribution is -0.137. The monoisotopic (exact) mass is 339 g/mol. The van der Waals surface area contributed by atoms with E-state index in [-0.39, 0.29) is 10.4 Å². The molecule has 2 N–H and O–H groups in total. The maximum absolute atomic E-state index is 12.7. The number of aromatic nitrogens is 1. The van der Waals surface area contributed by atoms with Crippen molar-refractivity contribution in [2.24, 2.45) is 0 Å². The predicted octanol–water partition coefficient (Wildman–Crippen LogP) is 3.11. The lowest BCUT2D eigenvalue weighted by atomic mass is 10.1. The zero-order valence-corrected chi connectivity index (χ0v) is 13.1. The summed E-state index contributed by atoms with van der Waals surface area (Å²) in [5.74, 6) is 0.806. The van der Waals surface area contributed by atoms with Crippen molar-refractivity contribution >= 4 is 23.4 Å². The second-order valence-electron chi connectivity index (χ2n) is 4.93. The highest BCUT2D eigenvalue weighted by atomic mass is 35.5. The Kier molecular flexibility index (Phi) is 5.76. The first kappa shape index (κ1) is 16.9. The van der Waals surface area contributed by atoms with Crippen molar-refractivity contribution < 1.29 is 13.2 Å². The van der Waals surface area contributed by atoms with Gasteiger partial charge in [-0.25, -0.2) is 4.98 Å². The van der Waals surface area contributed by atoms with Crippen LogP contribution in [-0.2, 0) is 6.18 Å². The topological polar surface area (TPSA) is 37.0 Å². The van der Waals surface area contributed by atoms with Gasteiger partial charge >= 0.3 is 6.18 Å². The predicted molar refractivity (Wildman–Crippen MR) is 79.8 cm³/mol. The number of nitrogens with zero attached hydrogens (tertiary/aromatic N) is 1. The first-order valence-electron chi connectivity index (χ1n) is 6.66. The third-order valence-corrected chi connectivity index (χ3v) is 4.97. The minimum atomic E-state index is -4.40. The van der Waals surface area contributed by atoms with Gasteiger partial charge in [0.05, 0.1) is 5.56 Å². The molecule has 118 valence electrons. The number of pyridine rings is 1. The molecule has 0 saturated carbocycles. The molecular weight excluding hydrogens is 323 g/mol.